The number of halogens is 1. The highest BCUT2D eigenvalue weighted by molar-refractivity contribution is 7.80. The first-order valence-corrected chi connectivity index (χ1v) is 4.71. The Bertz CT molecular complexity index is 393. The summed E-state index contributed by atoms with van der Waals surface area (Å²) in [6.07, 6.45) is 0. The topological polar surface area (TPSA) is 37.1 Å². The van der Waals surface area contributed by atoms with Gasteiger partial charge in [0.05, 0.1) is 9.90 Å². The number of thiophene rings is 1. The van der Waals surface area contributed by atoms with Crippen LogP contribution in [0.3, 0.4) is 0 Å². The third-order valence-corrected chi connectivity index (χ3v) is 2.67. The molecule has 6 heteroatoms. The normalized spacial score (nSPS) is 15.4. The molecule has 0 unspecified atom stereocenters. The first kappa shape index (κ1) is 7.97. The Morgan fingerprint density at radius 2 is 2.25 bits per heavy atom. The summed E-state index contributed by atoms with van der Waals surface area (Å²) in [6, 6.07) is 1.79. The number of aliphatic imine (C=N–C) groups is 1. The largest absolute Gasteiger partial charge is 0.242 e. The van der Waals surface area contributed by atoms with E-state index in [2.05, 4.69) is 15.2 Å². The number of hydrogen-bond acceptors (Lipinski definition) is 3. The van der Waals surface area contributed by atoms with E-state index in [1.165, 1.54) is 11.3 Å². The summed E-state index contributed by atoms with van der Waals surface area (Å²) in [4.78, 5) is 4.83. The van der Waals surface area contributed by atoms with Crippen molar-refractivity contribution in [2.75, 3.05) is 0 Å². The van der Waals surface area contributed by atoms with Crippen molar-refractivity contribution in [1.82, 2.24) is 0 Å². The second kappa shape index (κ2) is 3.01. The van der Waals surface area contributed by atoms with Crippen molar-refractivity contribution in [3.05, 3.63) is 21.3 Å². The minimum absolute atomic E-state index is 0.273. The number of rotatable bonds is 1. The van der Waals surface area contributed by atoms with Crippen LogP contribution in [0.5, 0.6) is 0 Å². The molecule has 0 saturated carbocycles. The van der Waals surface area contributed by atoms with E-state index in [-0.39, 0.29) is 5.11 Å². The lowest BCUT2D eigenvalue weighted by molar-refractivity contribution is 1.41. The molecule has 0 saturated heterocycles. The first-order chi connectivity index (χ1) is 5.75. The lowest BCUT2D eigenvalue weighted by Crippen LogP contribution is -1.88. The van der Waals surface area contributed by atoms with E-state index < -0.39 is 0 Å². The quantitative estimate of drug-likeness (QED) is 0.664. The zero-order chi connectivity index (χ0) is 8.55. The van der Waals surface area contributed by atoms with Crippen LogP contribution in [0.1, 0.15) is 4.88 Å². The molecule has 0 N–H and O–H groups in total. The average Bonchev–Trinajstić information content (AvgIpc) is 2.58. The van der Waals surface area contributed by atoms with Crippen LogP contribution in [0.4, 0.5) is 0 Å². The van der Waals surface area contributed by atoms with Crippen molar-refractivity contribution in [2.45, 2.75) is 0 Å². The van der Waals surface area contributed by atoms with Crippen LogP contribution in [0.15, 0.2) is 26.7 Å². The zero-order valence-electron chi connectivity index (χ0n) is 5.69. The summed E-state index contributed by atoms with van der Waals surface area (Å²) in [7, 11) is 0. The smallest absolute Gasteiger partial charge is 0.194 e. The van der Waals surface area contributed by atoms with E-state index in [1.54, 1.807) is 6.07 Å². The molecule has 0 aliphatic carbocycles. The standard InChI is InChI=1S/C6H2ClN3S2/c7-3-1-4(12-2-3)5-8-6(11)10-9-5/h1-2H. The maximum atomic E-state index is 5.73. The van der Waals surface area contributed by atoms with E-state index in [0.717, 1.165) is 4.88 Å². The summed E-state index contributed by atoms with van der Waals surface area (Å²) in [5, 5.41) is 10.2. The van der Waals surface area contributed by atoms with E-state index in [4.69, 9.17) is 23.8 Å². The van der Waals surface area contributed by atoms with Crippen LogP contribution in [0, 0.1) is 0 Å². The Labute approximate surface area is 82.8 Å². The van der Waals surface area contributed by atoms with Gasteiger partial charge < -0.3 is 0 Å². The van der Waals surface area contributed by atoms with Crippen molar-refractivity contribution in [1.29, 1.82) is 0 Å². The third kappa shape index (κ3) is 1.43. The molecular weight excluding hydrogens is 214 g/mol. The Balaban J connectivity index is 2.39. The molecule has 0 radical (unpaired) electrons. The minimum atomic E-state index is 0.273. The molecule has 0 spiro atoms. The summed E-state index contributed by atoms with van der Waals surface area (Å²) in [6.45, 7) is 0. The maximum absolute atomic E-state index is 5.73. The summed E-state index contributed by atoms with van der Waals surface area (Å²) in [5.41, 5.74) is 0. The summed E-state index contributed by atoms with van der Waals surface area (Å²) in [5.74, 6) is 0.553. The molecule has 0 atom stereocenters. The van der Waals surface area contributed by atoms with E-state index in [9.17, 15) is 0 Å². The van der Waals surface area contributed by atoms with Gasteiger partial charge in [-0.15, -0.1) is 21.6 Å². The number of thiocarbonyl (C=S) groups is 1. The van der Waals surface area contributed by atoms with Crippen LogP contribution >= 0.6 is 35.2 Å². The fourth-order valence-corrected chi connectivity index (χ4v) is 1.89. The molecule has 1 aromatic heterocycles. The minimum Gasteiger partial charge on any atom is -0.194 e. The third-order valence-electron chi connectivity index (χ3n) is 1.22. The molecule has 0 bridgehead atoms. The van der Waals surface area contributed by atoms with Gasteiger partial charge in [0.25, 0.3) is 0 Å². The van der Waals surface area contributed by atoms with Crippen molar-refractivity contribution in [3.63, 3.8) is 0 Å². The monoisotopic (exact) mass is 215 g/mol. The van der Waals surface area contributed by atoms with Crippen molar-refractivity contribution < 1.29 is 0 Å². The molecule has 1 aliphatic heterocycles. The number of azo groups is 1. The molecule has 3 nitrogen and oxygen atoms in total. The fraction of sp³-hybridized carbons (Fsp3) is 0. The van der Waals surface area contributed by atoms with Gasteiger partial charge in [0.15, 0.2) is 5.84 Å². The molecule has 1 aliphatic rings. The highest BCUT2D eigenvalue weighted by Gasteiger charge is 2.11. The summed E-state index contributed by atoms with van der Waals surface area (Å²) < 4.78 is 0. The Hall–Kier alpha value is -0.650. The van der Waals surface area contributed by atoms with Gasteiger partial charge in [0.1, 0.15) is 0 Å². The van der Waals surface area contributed by atoms with E-state index in [1.807, 2.05) is 5.38 Å². The maximum Gasteiger partial charge on any atom is 0.242 e. The molecule has 0 aromatic carbocycles. The van der Waals surface area contributed by atoms with Gasteiger partial charge in [-0.05, 0) is 18.3 Å². The summed E-state index contributed by atoms with van der Waals surface area (Å²) >= 11 is 11.9. The fourth-order valence-electron chi connectivity index (χ4n) is 0.760. The first-order valence-electron chi connectivity index (χ1n) is 3.04. The lowest BCUT2D eigenvalue weighted by Gasteiger charge is -1.84. The molecule has 12 heavy (non-hydrogen) atoms. The molecule has 2 rings (SSSR count). The van der Waals surface area contributed by atoms with E-state index >= 15 is 0 Å². The van der Waals surface area contributed by atoms with Gasteiger partial charge in [0.2, 0.25) is 5.11 Å². The van der Waals surface area contributed by atoms with Crippen molar-refractivity contribution in [3.8, 4) is 0 Å². The van der Waals surface area contributed by atoms with Crippen LogP contribution in [-0.2, 0) is 0 Å². The van der Waals surface area contributed by atoms with Gasteiger partial charge in [-0.3, -0.25) is 0 Å². The zero-order valence-corrected chi connectivity index (χ0v) is 8.08. The lowest BCUT2D eigenvalue weighted by atomic mass is 10.4. The second-order valence-corrected chi connectivity index (χ2v) is 3.76. The highest BCUT2D eigenvalue weighted by atomic mass is 35.5. The van der Waals surface area contributed by atoms with Gasteiger partial charge in [-0.25, -0.2) is 0 Å². The molecular formula is C6H2ClN3S2. The van der Waals surface area contributed by atoms with Crippen molar-refractivity contribution >= 4 is 46.1 Å². The molecule has 1 aromatic rings. The van der Waals surface area contributed by atoms with Gasteiger partial charge in [-0.1, -0.05) is 11.6 Å². The Morgan fingerprint density at radius 1 is 1.42 bits per heavy atom. The molecule has 0 fully saturated rings. The van der Waals surface area contributed by atoms with Crippen LogP contribution in [0.2, 0.25) is 5.02 Å². The van der Waals surface area contributed by atoms with Crippen LogP contribution in [0.25, 0.3) is 0 Å². The van der Waals surface area contributed by atoms with Crippen LogP contribution in [-0.4, -0.2) is 10.9 Å². The number of hydrogen-bond donors (Lipinski definition) is 0. The van der Waals surface area contributed by atoms with Gasteiger partial charge in [0, 0.05) is 5.38 Å². The molecule has 0 amide bonds. The Kier molecular flexibility index (Phi) is 2.00. The molecule has 2 heterocycles. The predicted octanol–water partition coefficient (Wildman–Crippen LogP) is 2.90. The second-order valence-electron chi connectivity index (χ2n) is 2.05. The van der Waals surface area contributed by atoms with Crippen molar-refractivity contribution in [2.24, 2.45) is 15.2 Å². The highest BCUT2D eigenvalue weighted by Crippen LogP contribution is 2.21. The average molecular weight is 216 g/mol. The van der Waals surface area contributed by atoms with Gasteiger partial charge in [-0.2, -0.15) is 4.99 Å². The van der Waals surface area contributed by atoms with E-state index in [0.29, 0.717) is 10.9 Å². The number of amidine groups is 1. The predicted molar refractivity (Wildman–Crippen MR) is 53.3 cm³/mol. The van der Waals surface area contributed by atoms with Crippen LogP contribution < -0.4 is 0 Å². The van der Waals surface area contributed by atoms with Gasteiger partial charge >= 0.3 is 0 Å². The Morgan fingerprint density at radius 3 is 2.75 bits per heavy atom. The SMILES string of the molecule is S=C1N=NC(c2cc(Cl)cs2)=N1. The molecule has 60 valence electrons. The number of nitrogens with zero attached hydrogens (tertiary/aromatic N) is 3.